The van der Waals surface area contributed by atoms with Crippen molar-refractivity contribution >= 4 is 12.2 Å². The Morgan fingerprint density at radius 3 is 2.92 bits per heavy atom. The summed E-state index contributed by atoms with van der Waals surface area (Å²) in [6.45, 7) is 0.883. The number of benzene rings is 1. The highest BCUT2D eigenvalue weighted by Gasteiger charge is 2.39. The van der Waals surface area contributed by atoms with E-state index in [4.69, 9.17) is 26.4 Å². The van der Waals surface area contributed by atoms with Gasteiger partial charge >= 0.3 is 0 Å². The number of likely N-dealkylation sites (N-methyl/N-ethyl adjacent to an activating group) is 1. The number of nitrogens with one attached hydrogen (secondary N) is 2. The summed E-state index contributed by atoms with van der Waals surface area (Å²) in [4.78, 5) is 16.3. The monoisotopic (exact) mass is 377 g/mol. The number of nitrogens with zero attached hydrogens (tertiary/aromatic N) is 1. The van der Waals surface area contributed by atoms with Gasteiger partial charge in [0.15, 0.2) is 16.3 Å². The first-order valence-corrected chi connectivity index (χ1v) is 8.66. The largest absolute Gasteiger partial charge is 0.860 e. The van der Waals surface area contributed by atoms with E-state index in [1.807, 2.05) is 13.1 Å². The molecule has 1 unspecified atom stereocenters. The molecule has 2 N–H and O–H groups in total. The highest BCUT2D eigenvalue weighted by molar-refractivity contribution is 7.71. The maximum absolute atomic E-state index is 12.9. The Kier molecular flexibility index (Phi) is 3.92. The third-order valence-electron chi connectivity index (χ3n) is 5.11. The fourth-order valence-corrected chi connectivity index (χ4v) is 3.97. The van der Waals surface area contributed by atoms with Crippen LogP contribution in [0.2, 0.25) is 0 Å². The van der Waals surface area contributed by atoms with E-state index < -0.39 is 17.5 Å². The van der Waals surface area contributed by atoms with Crippen molar-refractivity contribution < 1.29 is 24.2 Å². The van der Waals surface area contributed by atoms with Crippen LogP contribution < -0.4 is 29.8 Å². The summed E-state index contributed by atoms with van der Waals surface area (Å²) in [7, 11) is 5.06. The lowest BCUT2D eigenvalue weighted by Gasteiger charge is -2.34. The summed E-state index contributed by atoms with van der Waals surface area (Å²) in [5, 5.41) is 12.9. The lowest BCUT2D eigenvalue weighted by atomic mass is 9.87. The number of hydrogen-bond donors (Lipinski definition) is 2. The van der Waals surface area contributed by atoms with Crippen molar-refractivity contribution in [1.29, 1.82) is 0 Å². The van der Waals surface area contributed by atoms with Crippen molar-refractivity contribution in [3.05, 3.63) is 37.9 Å². The van der Waals surface area contributed by atoms with Crippen LogP contribution >= 0.6 is 12.2 Å². The topological polar surface area (TPSA) is 93.0 Å². The molecule has 0 spiro atoms. The number of quaternary nitrogens is 1. The Morgan fingerprint density at radius 1 is 1.42 bits per heavy atom. The Morgan fingerprint density at radius 2 is 2.19 bits per heavy atom. The quantitative estimate of drug-likeness (QED) is 0.680. The SMILES string of the molecule is COc1c2c(cc3c1[C@@H](c1c([O-])n(C)c(=S)[nH]c1=O)[NH+](C)CC3)OCO2. The normalized spacial score (nSPS) is 20.7. The van der Waals surface area contributed by atoms with Crippen LogP contribution in [0.25, 0.3) is 0 Å². The van der Waals surface area contributed by atoms with Gasteiger partial charge in [-0.3, -0.25) is 9.78 Å². The van der Waals surface area contributed by atoms with E-state index in [9.17, 15) is 9.90 Å². The zero-order valence-electron chi connectivity index (χ0n) is 14.7. The molecule has 0 bridgehead atoms. The maximum atomic E-state index is 12.9. The Balaban J connectivity index is 2.03. The molecule has 0 saturated heterocycles. The van der Waals surface area contributed by atoms with E-state index in [-0.39, 0.29) is 17.1 Å². The number of methoxy groups -OCH3 is 1. The standard InChI is InChI=1S/C17H19N3O5S/c1-19-5-4-8-6-9-13(25-7-24-9)14(23-3)10(8)12(19)11-15(21)18-17(26)20(2)16(11)22/h6,12,22H,4-5,7H2,1-3H3,(H,18,21,26)/t12-/m0/s1. The van der Waals surface area contributed by atoms with E-state index >= 15 is 0 Å². The zero-order valence-corrected chi connectivity index (χ0v) is 15.5. The second-order valence-electron chi connectivity index (χ2n) is 6.53. The van der Waals surface area contributed by atoms with Gasteiger partial charge in [0.05, 0.1) is 31.8 Å². The number of aromatic nitrogens is 2. The van der Waals surface area contributed by atoms with Gasteiger partial charge < -0.3 is 28.8 Å². The molecular formula is C17H19N3O5S. The Bertz CT molecular complexity index is 1010. The van der Waals surface area contributed by atoms with E-state index in [0.717, 1.165) is 29.0 Å². The number of fused-ring (bicyclic) bond motifs is 2. The molecule has 3 heterocycles. The van der Waals surface area contributed by atoms with Gasteiger partial charge in [0.1, 0.15) is 6.04 Å². The molecular weight excluding hydrogens is 358 g/mol. The van der Waals surface area contributed by atoms with Crippen molar-refractivity contribution in [2.24, 2.45) is 7.05 Å². The van der Waals surface area contributed by atoms with Crippen molar-refractivity contribution in [3.8, 4) is 23.1 Å². The maximum Gasteiger partial charge on any atom is 0.260 e. The third kappa shape index (κ3) is 2.31. The molecule has 2 atom stereocenters. The first kappa shape index (κ1) is 16.9. The molecule has 1 aromatic heterocycles. The van der Waals surface area contributed by atoms with Gasteiger partial charge in [-0.1, -0.05) is 0 Å². The summed E-state index contributed by atoms with van der Waals surface area (Å²) in [6.07, 6.45) is 0.780. The molecule has 4 rings (SSSR count). The molecule has 9 heteroatoms. The van der Waals surface area contributed by atoms with Crippen molar-refractivity contribution in [2.75, 3.05) is 27.5 Å². The molecule has 2 aliphatic rings. The number of H-pyrrole nitrogens is 1. The van der Waals surface area contributed by atoms with Gasteiger partial charge in [-0.25, -0.2) is 0 Å². The molecule has 0 saturated carbocycles. The van der Waals surface area contributed by atoms with E-state index in [2.05, 4.69) is 4.98 Å². The molecule has 2 aromatic rings. The van der Waals surface area contributed by atoms with Crippen LogP contribution in [0.4, 0.5) is 0 Å². The lowest BCUT2D eigenvalue weighted by Crippen LogP contribution is -3.10. The smallest absolute Gasteiger partial charge is 0.260 e. The van der Waals surface area contributed by atoms with Gasteiger partial charge in [0.2, 0.25) is 12.5 Å². The fraction of sp³-hybridized carbons (Fsp3) is 0.412. The molecule has 8 nitrogen and oxygen atoms in total. The highest BCUT2D eigenvalue weighted by atomic mass is 32.1. The lowest BCUT2D eigenvalue weighted by molar-refractivity contribution is -0.908. The summed E-state index contributed by atoms with van der Waals surface area (Å²) in [5.74, 6) is 1.26. The molecule has 2 aliphatic heterocycles. The van der Waals surface area contributed by atoms with Crippen molar-refractivity contribution in [1.82, 2.24) is 9.55 Å². The predicted molar refractivity (Wildman–Crippen MR) is 92.7 cm³/mol. The van der Waals surface area contributed by atoms with Crippen LogP contribution in [-0.4, -0.2) is 37.0 Å². The van der Waals surface area contributed by atoms with Crippen molar-refractivity contribution in [3.63, 3.8) is 0 Å². The number of rotatable bonds is 2. The number of ether oxygens (including phenoxy) is 3. The second kappa shape index (κ2) is 6.03. The second-order valence-corrected chi connectivity index (χ2v) is 6.92. The van der Waals surface area contributed by atoms with Crippen LogP contribution in [0.5, 0.6) is 23.1 Å². The molecule has 26 heavy (non-hydrogen) atoms. The van der Waals surface area contributed by atoms with Crippen molar-refractivity contribution in [2.45, 2.75) is 12.5 Å². The Labute approximate surface area is 154 Å². The fourth-order valence-electron chi connectivity index (χ4n) is 3.79. The number of aromatic amines is 1. The van der Waals surface area contributed by atoms with Crippen LogP contribution in [0.1, 0.15) is 22.7 Å². The molecule has 0 aliphatic carbocycles. The van der Waals surface area contributed by atoms with Crippen LogP contribution in [0.3, 0.4) is 0 Å². The van der Waals surface area contributed by atoms with Gasteiger partial charge in [0.25, 0.3) is 5.56 Å². The average molecular weight is 377 g/mol. The third-order valence-corrected chi connectivity index (χ3v) is 5.49. The minimum absolute atomic E-state index is 0.107. The van der Waals surface area contributed by atoms with Crippen LogP contribution in [0, 0.1) is 4.77 Å². The zero-order chi connectivity index (χ0) is 18.6. The van der Waals surface area contributed by atoms with E-state index in [1.54, 1.807) is 14.2 Å². The van der Waals surface area contributed by atoms with Gasteiger partial charge in [-0.2, -0.15) is 0 Å². The van der Waals surface area contributed by atoms with E-state index in [0.29, 0.717) is 17.2 Å². The Hall–Kier alpha value is -2.52. The summed E-state index contributed by atoms with van der Waals surface area (Å²) in [6, 6.07) is 1.43. The van der Waals surface area contributed by atoms with Gasteiger partial charge in [-0.15, -0.1) is 0 Å². The van der Waals surface area contributed by atoms with Gasteiger partial charge in [0, 0.05) is 13.5 Å². The molecule has 0 radical (unpaired) electrons. The number of hydrogen-bond acceptors (Lipinski definition) is 6. The first-order chi connectivity index (χ1) is 12.4. The summed E-state index contributed by atoms with van der Waals surface area (Å²) >= 11 is 5.05. The minimum atomic E-state index is -0.485. The minimum Gasteiger partial charge on any atom is -0.860 e. The first-order valence-electron chi connectivity index (χ1n) is 8.26. The van der Waals surface area contributed by atoms with E-state index in [1.165, 1.54) is 4.57 Å². The highest BCUT2D eigenvalue weighted by Crippen LogP contribution is 2.48. The van der Waals surface area contributed by atoms with Gasteiger partial charge in [-0.05, 0) is 29.7 Å². The van der Waals surface area contributed by atoms with Crippen LogP contribution in [-0.2, 0) is 13.5 Å². The molecule has 1 aromatic carbocycles. The summed E-state index contributed by atoms with van der Waals surface area (Å²) in [5.41, 5.74) is 1.47. The predicted octanol–water partition coefficient (Wildman–Crippen LogP) is -0.586. The molecule has 0 fully saturated rings. The average Bonchev–Trinajstić information content (AvgIpc) is 3.08. The molecule has 0 amide bonds. The van der Waals surface area contributed by atoms with Crippen LogP contribution in [0.15, 0.2) is 10.9 Å². The summed E-state index contributed by atoms with van der Waals surface area (Å²) < 4.78 is 18.1. The molecule has 138 valence electrons.